The molecule has 7 heteroatoms. The van der Waals surface area contributed by atoms with Gasteiger partial charge in [-0.15, -0.1) is 0 Å². The van der Waals surface area contributed by atoms with Crippen LogP contribution in [-0.4, -0.2) is 46.8 Å². The van der Waals surface area contributed by atoms with Crippen LogP contribution in [0, 0.1) is 5.92 Å². The lowest BCUT2D eigenvalue weighted by Gasteiger charge is -2.20. The second kappa shape index (κ2) is 5.46. The van der Waals surface area contributed by atoms with E-state index in [4.69, 9.17) is 5.11 Å². The Morgan fingerprint density at radius 1 is 1.35 bits per heavy atom. The molecule has 1 aromatic heterocycles. The van der Waals surface area contributed by atoms with Crippen LogP contribution in [0.1, 0.15) is 32.1 Å². The highest BCUT2D eigenvalue weighted by Gasteiger charge is 2.41. The minimum Gasteiger partial charge on any atom is -0.396 e. The van der Waals surface area contributed by atoms with Gasteiger partial charge in [-0.2, -0.15) is 9.40 Å². The van der Waals surface area contributed by atoms with Gasteiger partial charge in [0.05, 0.1) is 6.20 Å². The molecule has 0 bridgehead atoms. The summed E-state index contributed by atoms with van der Waals surface area (Å²) < 4.78 is 28.6. The molecule has 0 atom stereocenters. The predicted molar refractivity (Wildman–Crippen MR) is 73.6 cm³/mol. The van der Waals surface area contributed by atoms with Crippen LogP contribution >= 0.6 is 0 Å². The monoisotopic (exact) mass is 299 g/mol. The van der Waals surface area contributed by atoms with Crippen LogP contribution in [-0.2, 0) is 16.6 Å². The van der Waals surface area contributed by atoms with Crippen molar-refractivity contribution in [2.24, 2.45) is 5.92 Å². The molecule has 0 radical (unpaired) electrons. The summed E-state index contributed by atoms with van der Waals surface area (Å²) in [6, 6.07) is 0.196. The van der Waals surface area contributed by atoms with Crippen molar-refractivity contribution < 1.29 is 13.5 Å². The molecule has 112 valence electrons. The highest BCUT2D eigenvalue weighted by molar-refractivity contribution is 7.89. The molecule has 2 aliphatic rings. The first-order valence-corrected chi connectivity index (χ1v) is 8.70. The smallest absolute Gasteiger partial charge is 0.246 e. The van der Waals surface area contributed by atoms with Gasteiger partial charge in [0.2, 0.25) is 10.0 Å². The zero-order valence-corrected chi connectivity index (χ0v) is 12.3. The first-order chi connectivity index (χ1) is 9.61. The van der Waals surface area contributed by atoms with Crippen molar-refractivity contribution >= 4 is 10.0 Å². The molecule has 1 aromatic rings. The van der Waals surface area contributed by atoms with Crippen LogP contribution in [0.2, 0.25) is 0 Å². The third-order valence-corrected chi connectivity index (χ3v) is 5.72. The Kier molecular flexibility index (Phi) is 3.83. The summed E-state index contributed by atoms with van der Waals surface area (Å²) in [5.74, 6) is 0.551. The Balaban J connectivity index is 1.76. The van der Waals surface area contributed by atoms with Crippen molar-refractivity contribution in [3.05, 3.63) is 12.4 Å². The van der Waals surface area contributed by atoms with Gasteiger partial charge in [0.1, 0.15) is 4.90 Å². The summed E-state index contributed by atoms with van der Waals surface area (Å²) >= 11 is 0. The number of aromatic nitrogens is 2. The van der Waals surface area contributed by atoms with E-state index in [1.807, 2.05) is 0 Å². The molecule has 0 unspecified atom stereocenters. The molecule has 0 amide bonds. The molecule has 2 aliphatic carbocycles. The number of nitrogens with zero attached hydrogens (tertiary/aromatic N) is 3. The third-order valence-electron chi connectivity index (χ3n) is 3.85. The van der Waals surface area contributed by atoms with Gasteiger partial charge in [-0.1, -0.05) is 0 Å². The van der Waals surface area contributed by atoms with E-state index in [1.165, 1.54) is 6.20 Å². The van der Waals surface area contributed by atoms with Gasteiger partial charge in [-0.25, -0.2) is 8.42 Å². The topological polar surface area (TPSA) is 75.4 Å². The number of sulfonamides is 1. The lowest BCUT2D eigenvalue weighted by atomic mass is 10.4. The molecular weight excluding hydrogens is 278 g/mol. The minimum atomic E-state index is -3.41. The Bertz CT molecular complexity index is 561. The number of hydrogen-bond acceptors (Lipinski definition) is 4. The summed E-state index contributed by atoms with van der Waals surface area (Å²) in [5, 5.41) is 12.9. The number of aryl methyl sites for hydroxylation is 1. The minimum absolute atomic E-state index is 0.0812. The van der Waals surface area contributed by atoms with Gasteiger partial charge in [0.25, 0.3) is 0 Å². The summed E-state index contributed by atoms with van der Waals surface area (Å²) in [7, 11) is -3.41. The second-order valence-electron chi connectivity index (χ2n) is 5.77. The molecule has 0 spiro atoms. The van der Waals surface area contributed by atoms with E-state index in [0.717, 1.165) is 25.7 Å². The van der Waals surface area contributed by atoms with Crippen molar-refractivity contribution in [1.82, 2.24) is 14.1 Å². The number of rotatable bonds is 8. The summed E-state index contributed by atoms with van der Waals surface area (Å²) in [6.07, 6.45) is 7.83. The predicted octanol–water partition coefficient (Wildman–Crippen LogP) is 0.829. The first-order valence-electron chi connectivity index (χ1n) is 7.26. The fourth-order valence-electron chi connectivity index (χ4n) is 2.33. The van der Waals surface area contributed by atoms with E-state index in [2.05, 4.69) is 5.10 Å². The van der Waals surface area contributed by atoms with Gasteiger partial charge in [-0.05, 0) is 38.0 Å². The highest BCUT2D eigenvalue weighted by atomic mass is 32.2. The normalized spacial score (nSPS) is 19.7. The van der Waals surface area contributed by atoms with Crippen LogP contribution < -0.4 is 0 Å². The second-order valence-corrected chi connectivity index (χ2v) is 7.66. The highest BCUT2D eigenvalue weighted by Crippen LogP contribution is 2.37. The van der Waals surface area contributed by atoms with Crippen molar-refractivity contribution in [3.63, 3.8) is 0 Å². The average molecular weight is 299 g/mol. The van der Waals surface area contributed by atoms with Crippen LogP contribution in [0.15, 0.2) is 17.3 Å². The maximum absolute atomic E-state index is 12.7. The summed E-state index contributed by atoms with van der Waals surface area (Å²) in [4.78, 5) is 0.281. The van der Waals surface area contributed by atoms with E-state index >= 15 is 0 Å². The standard InChI is InChI=1S/C13H21N3O3S/c17-7-1-6-15-10-13(8-14-15)20(18,19)16(12-4-5-12)9-11-2-3-11/h8,10-12,17H,1-7,9H2. The number of aliphatic hydroxyl groups excluding tert-OH is 1. The largest absolute Gasteiger partial charge is 0.396 e. The van der Waals surface area contributed by atoms with E-state index < -0.39 is 10.0 Å². The van der Waals surface area contributed by atoms with Gasteiger partial charge in [-0.3, -0.25) is 4.68 Å². The van der Waals surface area contributed by atoms with Gasteiger partial charge in [0, 0.05) is 31.9 Å². The fraction of sp³-hybridized carbons (Fsp3) is 0.769. The van der Waals surface area contributed by atoms with Crippen molar-refractivity contribution in [2.45, 2.75) is 49.6 Å². The molecule has 2 fully saturated rings. The SMILES string of the molecule is O=S(=O)(c1cnn(CCCO)c1)N(CC1CC1)C1CC1. The molecule has 0 aliphatic heterocycles. The zero-order valence-electron chi connectivity index (χ0n) is 11.5. The maximum Gasteiger partial charge on any atom is 0.246 e. The number of hydrogen-bond donors (Lipinski definition) is 1. The molecule has 6 nitrogen and oxygen atoms in total. The molecular formula is C13H21N3O3S. The molecule has 0 saturated heterocycles. The zero-order chi connectivity index (χ0) is 14.2. The maximum atomic E-state index is 12.7. The van der Waals surface area contributed by atoms with Crippen molar-refractivity contribution in [3.8, 4) is 0 Å². The van der Waals surface area contributed by atoms with E-state index in [9.17, 15) is 8.42 Å². The van der Waals surface area contributed by atoms with Crippen LogP contribution in [0.3, 0.4) is 0 Å². The Hall–Kier alpha value is -0.920. The molecule has 0 aromatic carbocycles. The Morgan fingerprint density at radius 2 is 2.10 bits per heavy atom. The Labute approximate surface area is 119 Å². The van der Waals surface area contributed by atoms with Crippen LogP contribution in [0.5, 0.6) is 0 Å². The van der Waals surface area contributed by atoms with Crippen LogP contribution in [0.4, 0.5) is 0 Å². The Morgan fingerprint density at radius 3 is 2.70 bits per heavy atom. The molecule has 2 saturated carbocycles. The molecule has 1 N–H and O–H groups in total. The molecule has 3 rings (SSSR count). The van der Waals surface area contributed by atoms with Crippen LogP contribution in [0.25, 0.3) is 0 Å². The van der Waals surface area contributed by atoms with Gasteiger partial charge in [0.15, 0.2) is 0 Å². The quantitative estimate of drug-likeness (QED) is 0.771. The van der Waals surface area contributed by atoms with E-state index in [0.29, 0.717) is 25.4 Å². The lowest BCUT2D eigenvalue weighted by Crippen LogP contribution is -2.34. The van der Waals surface area contributed by atoms with Gasteiger partial charge >= 0.3 is 0 Å². The number of aliphatic hydroxyl groups is 1. The van der Waals surface area contributed by atoms with E-state index in [1.54, 1.807) is 15.2 Å². The first kappa shape index (κ1) is 14.0. The fourth-order valence-corrected chi connectivity index (χ4v) is 4.05. The average Bonchev–Trinajstić information content (AvgIpc) is 3.32. The molecule has 1 heterocycles. The molecule has 20 heavy (non-hydrogen) atoms. The lowest BCUT2D eigenvalue weighted by molar-refractivity contribution is 0.277. The summed E-state index contributed by atoms with van der Waals surface area (Å²) in [6.45, 7) is 1.28. The van der Waals surface area contributed by atoms with Crippen molar-refractivity contribution in [1.29, 1.82) is 0 Å². The van der Waals surface area contributed by atoms with E-state index in [-0.39, 0.29) is 17.5 Å². The summed E-state index contributed by atoms with van der Waals surface area (Å²) in [5.41, 5.74) is 0. The third kappa shape index (κ3) is 3.05. The van der Waals surface area contributed by atoms with Crippen molar-refractivity contribution in [2.75, 3.05) is 13.2 Å². The van der Waals surface area contributed by atoms with Gasteiger partial charge < -0.3 is 5.11 Å².